The van der Waals surface area contributed by atoms with Crippen LogP contribution in [0.1, 0.15) is 48.6 Å². The Labute approximate surface area is 140 Å². The Kier molecular flexibility index (Phi) is 6.82. The van der Waals surface area contributed by atoms with Gasteiger partial charge in [0.05, 0.1) is 6.61 Å². The molecule has 0 bridgehead atoms. The van der Waals surface area contributed by atoms with Crippen molar-refractivity contribution in [2.75, 3.05) is 6.54 Å². The second kappa shape index (κ2) is 8.85. The van der Waals surface area contributed by atoms with Gasteiger partial charge in [-0.3, -0.25) is 0 Å². The summed E-state index contributed by atoms with van der Waals surface area (Å²) in [6.07, 6.45) is 2.07. The zero-order chi connectivity index (χ0) is 16.7. The highest BCUT2D eigenvalue weighted by Gasteiger charge is 2.14. The third kappa shape index (κ3) is 5.19. The number of hydrogen-bond donors (Lipinski definition) is 2. The Morgan fingerprint density at radius 1 is 0.957 bits per heavy atom. The molecule has 0 aromatic heterocycles. The summed E-state index contributed by atoms with van der Waals surface area (Å²) in [7, 11) is 0. The predicted molar refractivity (Wildman–Crippen MR) is 97.4 cm³/mol. The standard InChI is InChI=1S/C21H29NO/c1-16(2)14-21(20-11-7-4-8-17(20)3)22-13-12-18-9-5-6-10-19(18)15-23/h4-11,16,21-23H,12-15H2,1-3H3. The molecule has 0 fully saturated rings. The van der Waals surface area contributed by atoms with Crippen LogP contribution in [0, 0.1) is 12.8 Å². The fourth-order valence-electron chi connectivity index (χ4n) is 3.11. The van der Waals surface area contributed by atoms with Gasteiger partial charge in [-0.15, -0.1) is 0 Å². The molecule has 2 heteroatoms. The number of aryl methyl sites for hydroxylation is 1. The Bertz CT molecular complexity index is 606. The first-order chi connectivity index (χ1) is 11.1. The topological polar surface area (TPSA) is 32.3 Å². The molecule has 0 saturated heterocycles. The van der Waals surface area contributed by atoms with Gasteiger partial charge in [0, 0.05) is 6.04 Å². The Morgan fingerprint density at radius 3 is 2.26 bits per heavy atom. The fourth-order valence-corrected chi connectivity index (χ4v) is 3.11. The normalized spacial score (nSPS) is 12.6. The van der Waals surface area contributed by atoms with Crippen molar-refractivity contribution in [3.8, 4) is 0 Å². The average Bonchev–Trinajstić information content (AvgIpc) is 2.54. The van der Waals surface area contributed by atoms with Gasteiger partial charge in [-0.2, -0.15) is 0 Å². The number of aliphatic hydroxyl groups excluding tert-OH is 1. The van der Waals surface area contributed by atoms with Crippen LogP contribution in [-0.4, -0.2) is 11.7 Å². The summed E-state index contributed by atoms with van der Waals surface area (Å²) in [5.74, 6) is 0.650. The molecule has 0 aliphatic rings. The largest absolute Gasteiger partial charge is 0.392 e. The van der Waals surface area contributed by atoms with Crippen molar-refractivity contribution in [2.24, 2.45) is 5.92 Å². The minimum absolute atomic E-state index is 0.114. The Balaban J connectivity index is 2.03. The second-order valence-corrected chi connectivity index (χ2v) is 6.67. The zero-order valence-corrected chi connectivity index (χ0v) is 14.5. The van der Waals surface area contributed by atoms with Gasteiger partial charge < -0.3 is 10.4 Å². The van der Waals surface area contributed by atoms with Crippen LogP contribution in [0.25, 0.3) is 0 Å². The predicted octanol–water partition coefficient (Wildman–Crippen LogP) is 4.41. The summed E-state index contributed by atoms with van der Waals surface area (Å²) >= 11 is 0. The Morgan fingerprint density at radius 2 is 1.61 bits per heavy atom. The second-order valence-electron chi connectivity index (χ2n) is 6.67. The van der Waals surface area contributed by atoms with Gasteiger partial charge in [-0.25, -0.2) is 0 Å². The van der Waals surface area contributed by atoms with Crippen molar-refractivity contribution < 1.29 is 5.11 Å². The van der Waals surface area contributed by atoms with E-state index >= 15 is 0 Å². The highest BCUT2D eigenvalue weighted by atomic mass is 16.3. The van der Waals surface area contributed by atoms with E-state index in [4.69, 9.17) is 0 Å². The van der Waals surface area contributed by atoms with Crippen LogP contribution >= 0.6 is 0 Å². The van der Waals surface area contributed by atoms with Gasteiger partial charge in [0.15, 0.2) is 0 Å². The molecule has 2 aromatic carbocycles. The summed E-state index contributed by atoms with van der Waals surface area (Å²) in [5.41, 5.74) is 5.01. The van der Waals surface area contributed by atoms with E-state index in [1.807, 2.05) is 18.2 Å². The number of rotatable bonds is 8. The molecule has 2 rings (SSSR count). The summed E-state index contributed by atoms with van der Waals surface area (Å²) < 4.78 is 0. The lowest BCUT2D eigenvalue weighted by atomic mass is 9.93. The van der Waals surface area contributed by atoms with Gasteiger partial charge >= 0.3 is 0 Å². The average molecular weight is 311 g/mol. The van der Waals surface area contributed by atoms with Crippen LogP contribution in [0.3, 0.4) is 0 Å². The molecule has 124 valence electrons. The fraction of sp³-hybridized carbons (Fsp3) is 0.429. The van der Waals surface area contributed by atoms with E-state index in [0.717, 1.165) is 24.9 Å². The van der Waals surface area contributed by atoms with Crippen molar-refractivity contribution in [3.05, 3.63) is 70.8 Å². The molecule has 0 radical (unpaired) electrons. The molecule has 1 atom stereocenters. The van der Waals surface area contributed by atoms with Gasteiger partial charge in [0.1, 0.15) is 0 Å². The molecule has 0 heterocycles. The highest BCUT2D eigenvalue weighted by Crippen LogP contribution is 2.24. The van der Waals surface area contributed by atoms with Crippen LogP contribution in [0.4, 0.5) is 0 Å². The van der Waals surface area contributed by atoms with Crippen molar-refractivity contribution in [2.45, 2.75) is 46.3 Å². The van der Waals surface area contributed by atoms with Gasteiger partial charge in [0.2, 0.25) is 0 Å². The molecular formula is C21H29NO. The van der Waals surface area contributed by atoms with Crippen LogP contribution < -0.4 is 5.32 Å². The molecule has 0 spiro atoms. The smallest absolute Gasteiger partial charge is 0.0684 e. The maximum atomic E-state index is 9.44. The molecule has 0 aliphatic carbocycles. The van der Waals surface area contributed by atoms with Crippen molar-refractivity contribution in [1.82, 2.24) is 5.32 Å². The van der Waals surface area contributed by atoms with E-state index < -0.39 is 0 Å². The van der Waals surface area contributed by atoms with E-state index in [2.05, 4.69) is 56.4 Å². The number of hydrogen-bond acceptors (Lipinski definition) is 2. The van der Waals surface area contributed by atoms with Crippen molar-refractivity contribution in [1.29, 1.82) is 0 Å². The third-order valence-electron chi connectivity index (χ3n) is 4.34. The first-order valence-electron chi connectivity index (χ1n) is 8.58. The molecule has 0 saturated carbocycles. The lowest BCUT2D eigenvalue weighted by Gasteiger charge is -2.23. The molecule has 0 amide bonds. The summed E-state index contributed by atoms with van der Waals surface area (Å²) in [6, 6.07) is 17.2. The first-order valence-corrected chi connectivity index (χ1v) is 8.58. The number of nitrogens with one attached hydrogen (secondary N) is 1. The molecule has 0 aliphatic heterocycles. The highest BCUT2D eigenvalue weighted by molar-refractivity contribution is 5.29. The summed E-state index contributed by atoms with van der Waals surface area (Å²) in [6.45, 7) is 7.76. The van der Waals surface area contributed by atoms with Crippen LogP contribution in [0.15, 0.2) is 48.5 Å². The monoisotopic (exact) mass is 311 g/mol. The van der Waals surface area contributed by atoms with Crippen LogP contribution in [-0.2, 0) is 13.0 Å². The molecule has 2 aromatic rings. The number of benzene rings is 2. The maximum absolute atomic E-state index is 9.44. The van der Waals surface area contributed by atoms with Crippen molar-refractivity contribution >= 4 is 0 Å². The molecule has 2 nitrogen and oxygen atoms in total. The molecule has 23 heavy (non-hydrogen) atoms. The van der Waals surface area contributed by atoms with E-state index in [0.29, 0.717) is 12.0 Å². The summed E-state index contributed by atoms with van der Waals surface area (Å²) in [5, 5.41) is 13.2. The van der Waals surface area contributed by atoms with Gasteiger partial charge in [-0.1, -0.05) is 62.4 Å². The SMILES string of the molecule is Cc1ccccc1C(CC(C)C)NCCc1ccccc1CO. The Hall–Kier alpha value is -1.64. The van der Waals surface area contributed by atoms with Crippen molar-refractivity contribution in [3.63, 3.8) is 0 Å². The zero-order valence-electron chi connectivity index (χ0n) is 14.5. The third-order valence-corrected chi connectivity index (χ3v) is 4.34. The van der Waals surface area contributed by atoms with Crippen LogP contribution in [0.2, 0.25) is 0 Å². The number of aliphatic hydroxyl groups is 1. The van der Waals surface area contributed by atoms with Gasteiger partial charge in [-0.05, 0) is 54.5 Å². The molecular weight excluding hydrogens is 282 g/mol. The minimum Gasteiger partial charge on any atom is -0.392 e. The van der Waals surface area contributed by atoms with E-state index in [1.54, 1.807) is 0 Å². The summed E-state index contributed by atoms with van der Waals surface area (Å²) in [4.78, 5) is 0. The minimum atomic E-state index is 0.114. The maximum Gasteiger partial charge on any atom is 0.0684 e. The van der Waals surface area contributed by atoms with Gasteiger partial charge in [0.25, 0.3) is 0 Å². The first kappa shape index (κ1) is 17.7. The van der Waals surface area contributed by atoms with E-state index in [-0.39, 0.29) is 6.61 Å². The van der Waals surface area contributed by atoms with E-state index in [1.165, 1.54) is 16.7 Å². The molecule has 2 N–H and O–H groups in total. The van der Waals surface area contributed by atoms with Crippen LogP contribution in [0.5, 0.6) is 0 Å². The molecule has 1 unspecified atom stereocenters. The lowest BCUT2D eigenvalue weighted by Crippen LogP contribution is -2.26. The van der Waals surface area contributed by atoms with E-state index in [9.17, 15) is 5.11 Å². The quantitative estimate of drug-likeness (QED) is 0.757. The lowest BCUT2D eigenvalue weighted by molar-refractivity contribution is 0.280.